The van der Waals surface area contributed by atoms with E-state index < -0.39 is 0 Å². The average Bonchev–Trinajstić information content (AvgIpc) is 2.34. The second-order valence-electron chi connectivity index (χ2n) is 3.65. The molecule has 0 spiro atoms. The Morgan fingerprint density at radius 2 is 1.94 bits per heavy atom. The lowest BCUT2D eigenvalue weighted by molar-refractivity contribution is -0.121. The lowest BCUT2D eigenvalue weighted by atomic mass is 10.2. The van der Waals surface area contributed by atoms with Crippen molar-refractivity contribution in [1.29, 1.82) is 0 Å². The molecule has 0 unspecified atom stereocenters. The van der Waals surface area contributed by atoms with Crippen LogP contribution in [0, 0.1) is 0 Å². The molecule has 0 aliphatic rings. The second kappa shape index (κ2) is 8.36. The molecular weight excluding hydrogens is 220 g/mol. The fraction of sp³-hybridized carbons (Fsp3) is 0.462. The summed E-state index contributed by atoms with van der Waals surface area (Å²) < 4.78 is 0. The van der Waals surface area contributed by atoms with Crippen molar-refractivity contribution < 1.29 is 9.90 Å². The maximum atomic E-state index is 10.8. The van der Waals surface area contributed by atoms with Crippen LogP contribution in [0.5, 0.6) is 0 Å². The Morgan fingerprint density at radius 1 is 1.19 bits per heavy atom. The number of ketones is 1. The van der Waals surface area contributed by atoms with E-state index in [0.29, 0.717) is 6.42 Å². The van der Waals surface area contributed by atoms with Crippen molar-refractivity contribution in [3.05, 3.63) is 35.9 Å². The summed E-state index contributed by atoms with van der Waals surface area (Å²) in [5, 5.41) is 8.53. The molecule has 0 amide bonds. The van der Waals surface area contributed by atoms with Gasteiger partial charge in [-0.3, -0.25) is 4.79 Å². The molecule has 0 saturated carbocycles. The number of benzene rings is 1. The molecule has 0 aliphatic carbocycles. The topological polar surface area (TPSA) is 37.3 Å². The summed E-state index contributed by atoms with van der Waals surface area (Å²) in [4.78, 5) is 10.8. The minimum Gasteiger partial charge on any atom is -0.389 e. The van der Waals surface area contributed by atoms with E-state index in [1.165, 1.54) is 5.56 Å². The largest absolute Gasteiger partial charge is 0.389 e. The highest BCUT2D eigenvalue weighted by Crippen LogP contribution is 2.09. The van der Waals surface area contributed by atoms with Crippen molar-refractivity contribution in [2.24, 2.45) is 0 Å². The van der Waals surface area contributed by atoms with Crippen LogP contribution in [-0.2, 0) is 11.2 Å². The van der Waals surface area contributed by atoms with Gasteiger partial charge in [-0.25, -0.2) is 0 Å². The molecular formula is C13H18O2S. The van der Waals surface area contributed by atoms with Crippen molar-refractivity contribution in [3.8, 4) is 0 Å². The van der Waals surface area contributed by atoms with Crippen LogP contribution in [0.25, 0.3) is 0 Å². The molecule has 0 radical (unpaired) electrons. The monoisotopic (exact) mass is 238 g/mol. The van der Waals surface area contributed by atoms with Gasteiger partial charge in [0.05, 0.1) is 0 Å². The number of hydrogen-bond donors (Lipinski definition) is 1. The van der Waals surface area contributed by atoms with E-state index in [0.717, 1.165) is 24.3 Å². The Kier molecular flexibility index (Phi) is 6.93. The normalized spacial score (nSPS) is 10.3. The maximum absolute atomic E-state index is 10.8. The minimum absolute atomic E-state index is 0.0522. The molecule has 88 valence electrons. The van der Waals surface area contributed by atoms with Crippen LogP contribution >= 0.6 is 11.8 Å². The zero-order chi connectivity index (χ0) is 11.6. The van der Waals surface area contributed by atoms with E-state index in [4.69, 9.17) is 5.11 Å². The third-order valence-corrected chi connectivity index (χ3v) is 3.37. The van der Waals surface area contributed by atoms with Crippen LogP contribution in [0.15, 0.2) is 30.3 Å². The molecule has 0 atom stereocenters. The third kappa shape index (κ3) is 5.93. The molecule has 0 fully saturated rings. The number of aliphatic hydroxyl groups is 1. The lowest BCUT2D eigenvalue weighted by Crippen LogP contribution is -2.03. The van der Waals surface area contributed by atoms with Crippen molar-refractivity contribution in [3.63, 3.8) is 0 Å². The summed E-state index contributed by atoms with van der Waals surface area (Å²) in [7, 11) is 0. The predicted octanol–water partition coefficient (Wildman–Crippen LogP) is 2.30. The maximum Gasteiger partial charge on any atom is 0.158 e. The van der Waals surface area contributed by atoms with Crippen LogP contribution in [0.2, 0.25) is 0 Å². The van der Waals surface area contributed by atoms with Gasteiger partial charge >= 0.3 is 0 Å². The van der Waals surface area contributed by atoms with Crippen molar-refractivity contribution in [1.82, 2.24) is 0 Å². The first-order valence-electron chi connectivity index (χ1n) is 5.57. The van der Waals surface area contributed by atoms with Gasteiger partial charge in [-0.05, 0) is 29.9 Å². The number of aliphatic hydroxyl groups excluding tert-OH is 1. The van der Waals surface area contributed by atoms with E-state index in [1.807, 2.05) is 17.8 Å². The molecule has 3 heteroatoms. The standard InChI is InChI=1S/C13H18O2S/c14-11-13(15)7-4-9-16-10-8-12-5-2-1-3-6-12/h1-3,5-6,14H,4,7-11H2. The number of carbonyl (C=O) groups is 1. The number of rotatable bonds is 8. The van der Waals surface area contributed by atoms with E-state index in [-0.39, 0.29) is 12.4 Å². The summed E-state index contributed by atoms with van der Waals surface area (Å²) in [5.41, 5.74) is 1.36. The molecule has 1 aromatic rings. The molecule has 0 aliphatic heterocycles. The van der Waals surface area contributed by atoms with Gasteiger partial charge in [0.2, 0.25) is 0 Å². The number of Topliss-reactive ketones (excluding diaryl/α,β-unsaturated/α-hetero) is 1. The Hall–Kier alpha value is -0.800. The Labute approximate surface area is 101 Å². The summed E-state index contributed by atoms with van der Waals surface area (Å²) in [6.45, 7) is -0.311. The molecule has 2 nitrogen and oxygen atoms in total. The highest BCUT2D eigenvalue weighted by Gasteiger charge is 1.98. The van der Waals surface area contributed by atoms with E-state index in [9.17, 15) is 4.79 Å². The van der Waals surface area contributed by atoms with Crippen molar-refractivity contribution in [2.75, 3.05) is 18.1 Å². The molecule has 1 rings (SSSR count). The van der Waals surface area contributed by atoms with Crippen LogP contribution in [0.4, 0.5) is 0 Å². The third-order valence-electron chi connectivity index (χ3n) is 2.30. The zero-order valence-corrected chi connectivity index (χ0v) is 10.2. The average molecular weight is 238 g/mol. The number of thioether (sulfide) groups is 1. The highest BCUT2D eigenvalue weighted by atomic mass is 32.2. The molecule has 0 saturated heterocycles. The Balaban J connectivity index is 1.98. The Bertz CT molecular complexity index is 298. The fourth-order valence-electron chi connectivity index (χ4n) is 1.39. The lowest BCUT2D eigenvalue weighted by Gasteiger charge is -2.01. The first-order valence-corrected chi connectivity index (χ1v) is 6.72. The first kappa shape index (κ1) is 13.3. The van der Waals surface area contributed by atoms with Crippen LogP contribution in [0.3, 0.4) is 0 Å². The SMILES string of the molecule is O=C(CO)CCCSCCc1ccccc1. The fourth-order valence-corrected chi connectivity index (χ4v) is 2.32. The molecule has 1 aromatic carbocycles. The van der Waals surface area contributed by atoms with Gasteiger partial charge in [0.1, 0.15) is 6.61 Å². The second-order valence-corrected chi connectivity index (χ2v) is 4.87. The highest BCUT2D eigenvalue weighted by molar-refractivity contribution is 7.99. The number of hydrogen-bond acceptors (Lipinski definition) is 3. The van der Waals surface area contributed by atoms with Gasteiger partial charge in [-0.1, -0.05) is 30.3 Å². The van der Waals surface area contributed by atoms with Crippen LogP contribution in [0.1, 0.15) is 18.4 Å². The van der Waals surface area contributed by atoms with Crippen LogP contribution < -0.4 is 0 Å². The molecule has 1 N–H and O–H groups in total. The zero-order valence-electron chi connectivity index (χ0n) is 9.39. The van der Waals surface area contributed by atoms with E-state index >= 15 is 0 Å². The summed E-state index contributed by atoms with van der Waals surface area (Å²) >= 11 is 1.87. The molecule has 16 heavy (non-hydrogen) atoms. The van der Waals surface area contributed by atoms with Crippen molar-refractivity contribution in [2.45, 2.75) is 19.3 Å². The van der Waals surface area contributed by atoms with Gasteiger partial charge in [0.25, 0.3) is 0 Å². The van der Waals surface area contributed by atoms with Gasteiger partial charge in [-0.2, -0.15) is 11.8 Å². The van der Waals surface area contributed by atoms with Gasteiger partial charge in [0, 0.05) is 6.42 Å². The van der Waals surface area contributed by atoms with Crippen molar-refractivity contribution >= 4 is 17.5 Å². The molecule has 0 aromatic heterocycles. The quantitative estimate of drug-likeness (QED) is 0.706. The number of aryl methyl sites for hydroxylation is 1. The van der Waals surface area contributed by atoms with Crippen LogP contribution in [-0.4, -0.2) is 29.0 Å². The smallest absolute Gasteiger partial charge is 0.158 e. The predicted molar refractivity (Wildman–Crippen MR) is 68.8 cm³/mol. The first-order chi connectivity index (χ1) is 7.83. The van der Waals surface area contributed by atoms with Gasteiger partial charge in [-0.15, -0.1) is 0 Å². The van der Waals surface area contributed by atoms with Gasteiger partial charge < -0.3 is 5.11 Å². The summed E-state index contributed by atoms with van der Waals surface area (Å²) in [5.74, 6) is 2.04. The summed E-state index contributed by atoms with van der Waals surface area (Å²) in [6, 6.07) is 10.4. The molecule has 0 heterocycles. The van der Waals surface area contributed by atoms with E-state index in [1.54, 1.807) is 0 Å². The van der Waals surface area contributed by atoms with Gasteiger partial charge in [0.15, 0.2) is 5.78 Å². The molecule has 0 bridgehead atoms. The minimum atomic E-state index is -0.311. The summed E-state index contributed by atoms with van der Waals surface area (Å²) in [6.07, 6.45) is 2.47. The Morgan fingerprint density at radius 3 is 2.62 bits per heavy atom. The number of carbonyl (C=O) groups excluding carboxylic acids is 1. The van der Waals surface area contributed by atoms with E-state index in [2.05, 4.69) is 24.3 Å².